The molecule has 0 radical (unpaired) electrons. The quantitative estimate of drug-likeness (QED) is 0.483. The van der Waals surface area contributed by atoms with Gasteiger partial charge in [0.05, 0.1) is 11.8 Å². The van der Waals surface area contributed by atoms with E-state index in [4.69, 9.17) is 0 Å². The molecule has 0 aromatic rings. The third kappa shape index (κ3) is 0.740. The van der Waals surface area contributed by atoms with E-state index in [2.05, 4.69) is 5.32 Å². The van der Waals surface area contributed by atoms with Crippen LogP contribution < -0.4 is 5.32 Å². The Kier molecular flexibility index (Phi) is 1.32. The highest BCUT2D eigenvalue weighted by Crippen LogP contribution is 2.60. The number of halogens is 1. The van der Waals surface area contributed by atoms with Crippen LogP contribution in [0.15, 0.2) is 24.1 Å². The number of hydrogen-bond donors (Lipinski definition) is 1. The highest BCUT2D eigenvalue weighted by atomic mass is 19.1. The summed E-state index contributed by atoms with van der Waals surface area (Å²) in [4.78, 5) is 23.4. The van der Waals surface area contributed by atoms with Crippen molar-refractivity contribution in [2.45, 2.75) is 0 Å². The summed E-state index contributed by atoms with van der Waals surface area (Å²) in [6, 6.07) is 0. The first-order chi connectivity index (χ1) is 7.68. The second-order valence-corrected chi connectivity index (χ2v) is 5.10. The van der Waals surface area contributed by atoms with Gasteiger partial charge in [0.2, 0.25) is 11.8 Å². The number of allylic oxidation sites excluding steroid dienone is 4. The number of imide groups is 1. The lowest BCUT2D eigenvalue weighted by molar-refractivity contribution is -0.128. The third-order valence-electron chi connectivity index (χ3n) is 4.57. The van der Waals surface area contributed by atoms with E-state index in [1.165, 1.54) is 0 Å². The molecule has 0 aromatic heterocycles. The number of carbonyl (C=O) groups is 2. The van der Waals surface area contributed by atoms with Crippen LogP contribution >= 0.6 is 0 Å². The normalized spacial score (nSPS) is 51.7. The van der Waals surface area contributed by atoms with Crippen LogP contribution in [0, 0.1) is 35.5 Å². The fourth-order valence-electron chi connectivity index (χ4n) is 3.90. The summed E-state index contributed by atoms with van der Waals surface area (Å²) < 4.78 is 13.4. The Morgan fingerprint density at radius 2 is 1.56 bits per heavy atom. The molecule has 1 aliphatic heterocycles. The van der Waals surface area contributed by atoms with Gasteiger partial charge in [0.15, 0.2) is 0 Å². The molecule has 6 atom stereocenters. The smallest absolute Gasteiger partial charge is 0.231 e. The molecule has 1 saturated carbocycles. The summed E-state index contributed by atoms with van der Waals surface area (Å²) >= 11 is 0. The first kappa shape index (κ1) is 8.67. The number of amides is 2. The minimum atomic E-state index is -0.330. The van der Waals surface area contributed by atoms with Gasteiger partial charge in [-0.3, -0.25) is 14.9 Å². The summed E-state index contributed by atoms with van der Waals surface area (Å²) in [6.07, 6.45) is 5.53. The fraction of sp³-hybridized carbons (Fsp3) is 0.500. The summed E-state index contributed by atoms with van der Waals surface area (Å²) in [6.45, 7) is 0. The number of hydrogen-bond acceptors (Lipinski definition) is 2. The van der Waals surface area contributed by atoms with Crippen molar-refractivity contribution in [3.8, 4) is 0 Å². The largest absolute Gasteiger partial charge is 0.296 e. The molecule has 1 N–H and O–H groups in total. The van der Waals surface area contributed by atoms with Crippen LogP contribution in [0.1, 0.15) is 0 Å². The van der Waals surface area contributed by atoms with Crippen LogP contribution in [0.4, 0.5) is 4.39 Å². The Balaban J connectivity index is 1.86. The Labute approximate surface area is 91.4 Å². The Morgan fingerprint density at radius 1 is 0.938 bits per heavy atom. The molecule has 2 fully saturated rings. The highest BCUT2D eigenvalue weighted by molar-refractivity contribution is 6.06. The van der Waals surface area contributed by atoms with Crippen molar-refractivity contribution in [1.29, 1.82) is 0 Å². The van der Waals surface area contributed by atoms with E-state index >= 15 is 0 Å². The first-order valence-electron chi connectivity index (χ1n) is 5.59. The minimum Gasteiger partial charge on any atom is -0.296 e. The van der Waals surface area contributed by atoms with Gasteiger partial charge in [-0.15, -0.1) is 0 Å². The van der Waals surface area contributed by atoms with Gasteiger partial charge in [-0.25, -0.2) is 4.39 Å². The molecule has 4 heteroatoms. The zero-order chi connectivity index (χ0) is 11.0. The standard InChI is InChI=1S/C12H10FNO2/c13-7-3-6-4-1-2-5(8(6)7)10-9(4)11(15)14-12(10)16/h1-6,8-10H,(H,14,15,16)/t4-,5-,6-,8+,9+,10+/m0/s1. The van der Waals surface area contributed by atoms with Gasteiger partial charge in [0.1, 0.15) is 5.83 Å². The molecule has 0 spiro atoms. The average Bonchev–Trinajstić information content (AvgIpc) is 2.54. The van der Waals surface area contributed by atoms with E-state index in [-0.39, 0.29) is 53.1 Å². The van der Waals surface area contributed by atoms with Gasteiger partial charge in [-0.05, 0) is 23.8 Å². The van der Waals surface area contributed by atoms with Crippen molar-refractivity contribution in [2.24, 2.45) is 35.5 Å². The van der Waals surface area contributed by atoms with E-state index in [0.717, 1.165) is 0 Å². The van der Waals surface area contributed by atoms with Gasteiger partial charge in [-0.1, -0.05) is 12.2 Å². The Hall–Kier alpha value is -1.45. The van der Waals surface area contributed by atoms with Crippen molar-refractivity contribution >= 4 is 11.8 Å². The lowest BCUT2D eigenvalue weighted by Crippen LogP contribution is -2.52. The molecule has 0 unspecified atom stereocenters. The van der Waals surface area contributed by atoms with E-state index in [0.29, 0.717) is 0 Å². The fourth-order valence-corrected chi connectivity index (χ4v) is 3.90. The second kappa shape index (κ2) is 2.44. The molecule has 16 heavy (non-hydrogen) atoms. The molecule has 4 aliphatic carbocycles. The summed E-state index contributed by atoms with van der Waals surface area (Å²) in [5.41, 5.74) is 0. The van der Waals surface area contributed by atoms with Crippen LogP contribution in [0.3, 0.4) is 0 Å². The van der Waals surface area contributed by atoms with Crippen LogP contribution in [-0.4, -0.2) is 11.8 Å². The van der Waals surface area contributed by atoms with Gasteiger partial charge >= 0.3 is 0 Å². The van der Waals surface area contributed by atoms with E-state index in [1.54, 1.807) is 6.08 Å². The topological polar surface area (TPSA) is 46.2 Å². The molecule has 3 nitrogen and oxygen atoms in total. The van der Waals surface area contributed by atoms with Crippen molar-refractivity contribution in [1.82, 2.24) is 5.32 Å². The second-order valence-electron chi connectivity index (χ2n) is 5.10. The van der Waals surface area contributed by atoms with Crippen molar-refractivity contribution in [3.05, 3.63) is 24.1 Å². The van der Waals surface area contributed by atoms with Crippen molar-refractivity contribution in [2.75, 3.05) is 0 Å². The summed E-state index contributed by atoms with van der Waals surface area (Å²) in [5.74, 6) is -1.18. The third-order valence-corrected chi connectivity index (χ3v) is 4.57. The Morgan fingerprint density at radius 3 is 2.25 bits per heavy atom. The number of carbonyl (C=O) groups excluding carboxylic acids is 2. The number of rotatable bonds is 0. The maximum absolute atomic E-state index is 13.4. The zero-order valence-corrected chi connectivity index (χ0v) is 8.39. The van der Waals surface area contributed by atoms with Crippen LogP contribution in [0.5, 0.6) is 0 Å². The molecular weight excluding hydrogens is 209 g/mol. The van der Waals surface area contributed by atoms with Crippen LogP contribution in [-0.2, 0) is 9.59 Å². The van der Waals surface area contributed by atoms with Crippen molar-refractivity contribution < 1.29 is 14.0 Å². The van der Waals surface area contributed by atoms with E-state index in [9.17, 15) is 14.0 Å². The molecule has 1 saturated heterocycles. The summed E-state index contributed by atoms with van der Waals surface area (Å²) in [5, 5.41) is 2.38. The molecule has 2 amide bonds. The number of nitrogens with one attached hydrogen (secondary N) is 1. The van der Waals surface area contributed by atoms with Gasteiger partial charge in [0, 0.05) is 5.92 Å². The Bertz CT molecular complexity index is 481. The van der Waals surface area contributed by atoms with Gasteiger partial charge in [-0.2, -0.15) is 0 Å². The van der Waals surface area contributed by atoms with Crippen molar-refractivity contribution in [3.63, 3.8) is 0 Å². The monoisotopic (exact) mass is 219 g/mol. The maximum Gasteiger partial charge on any atom is 0.231 e. The van der Waals surface area contributed by atoms with Gasteiger partial charge in [0.25, 0.3) is 0 Å². The predicted molar refractivity (Wildman–Crippen MR) is 52.4 cm³/mol. The highest BCUT2D eigenvalue weighted by Gasteiger charge is 2.62. The van der Waals surface area contributed by atoms with Crippen LogP contribution in [0.2, 0.25) is 0 Å². The maximum atomic E-state index is 13.4. The average molecular weight is 219 g/mol. The lowest BCUT2D eigenvalue weighted by Gasteiger charge is -2.52. The zero-order valence-electron chi connectivity index (χ0n) is 8.39. The summed E-state index contributed by atoms with van der Waals surface area (Å²) in [7, 11) is 0. The van der Waals surface area contributed by atoms with E-state index in [1.807, 2.05) is 12.2 Å². The minimum absolute atomic E-state index is 0.0194. The molecular formula is C12H10FNO2. The molecule has 2 bridgehead atoms. The SMILES string of the molecule is O=C1NC(=O)[C@@H]2[C@H]3C=C[C@@H]([C@@H]4C=C(F)[C@@H]43)[C@@H]12. The molecule has 5 rings (SSSR count). The predicted octanol–water partition coefficient (Wildman–Crippen LogP) is 0.790. The van der Waals surface area contributed by atoms with E-state index < -0.39 is 0 Å². The van der Waals surface area contributed by atoms with Crippen LogP contribution in [0.25, 0.3) is 0 Å². The molecule has 0 aromatic carbocycles. The molecule has 82 valence electrons. The first-order valence-corrected chi connectivity index (χ1v) is 5.59. The molecule has 5 aliphatic rings. The lowest BCUT2D eigenvalue weighted by atomic mass is 9.50. The van der Waals surface area contributed by atoms with Gasteiger partial charge < -0.3 is 0 Å². The molecule has 1 heterocycles.